The van der Waals surface area contributed by atoms with Crippen molar-refractivity contribution in [3.8, 4) is 11.5 Å². The monoisotopic (exact) mass is 413 g/mol. The highest BCUT2D eigenvalue weighted by Gasteiger charge is 2.32. The molecule has 7 nitrogen and oxygen atoms in total. The van der Waals surface area contributed by atoms with Crippen LogP contribution in [-0.2, 0) is 9.59 Å². The molecule has 0 bridgehead atoms. The zero-order chi connectivity index (χ0) is 21.0. The molecule has 0 aliphatic carbocycles. The zero-order valence-corrected chi connectivity index (χ0v) is 17.6. The van der Waals surface area contributed by atoms with Gasteiger partial charge < -0.3 is 20.1 Å². The summed E-state index contributed by atoms with van der Waals surface area (Å²) in [6.07, 6.45) is 0.0167. The van der Waals surface area contributed by atoms with E-state index in [1.54, 1.807) is 25.3 Å². The number of carbonyl (C=O) groups excluding carboxylic acids is 2. The van der Waals surface area contributed by atoms with E-state index in [-0.39, 0.29) is 18.2 Å². The number of anilines is 1. The van der Waals surface area contributed by atoms with Gasteiger partial charge in [0.05, 0.1) is 25.6 Å². The van der Waals surface area contributed by atoms with Gasteiger partial charge in [0.15, 0.2) is 5.17 Å². The van der Waals surface area contributed by atoms with Gasteiger partial charge in [-0.1, -0.05) is 17.8 Å². The fraction of sp³-hybridized carbons (Fsp3) is 0.286. The van der Waals surface area contributed by atoms with E-state index < -0.39 is 5.25 Å². The third-order valence-electron chi connectivity index (χ3n) is 4.55. The molecule has 2 aromatic rings. The van der Waals surface area contributed by atoms with Crippen LogP contribution in [0.5, 0.6) is 11.5 Å². The van der Waals surface area contributed by atoms with E-state index in [9.17, 15) is 9.59 Å². The molecule has 1 atom stereocenters. The molecule has 0 unspecified atom stereocenters. The number of rotatable bonds is 6. The summed E-state index contributed by atoms with van der Waals surface area (Å²) in [5.74, 6) is 0.582. The number of amidine groups is 1. The first-order valence-electron chi connectivity index (χ1n) is 9.05. The van der Waals surface area contributed by atoms with E-state index in [4.69, 9.17) is 9.47 Å². The van der Waals surface area contributed by atoms with Gasteiger partial charge in [-0.05, 0) is 49.2 Å². The minimum atomic E-state index is -0.545. The van der Waals surface area contributed by atoms with Gasteiger partial charge in [0.2, 0.25) is 11.8 Å². The second-order valence-corrected chi connectivity index (χ2v) is 7.79. The molecule has 3 rings (SSSR count). The van der Waals surface area contributed by atoms with E-state index in [0.717, 1.165) is 11.3 Å². The van der Waals surface area contributed by atoms with Crippen LogP contribution in [0, 0.1) is 13.8 Å². The number of aryl methyl sites for hydroxylation is 2. The molecule has 0 aromatic heterocycles. The Morgan fingerprint density at radius 3 is 2.62 bits per heavy atom. The van der Waals surface area contributed by atoms with Crippen molar-refractivity contribution in [2.24, 2.45) is 4.99 Å². The van der Waals surface area contributed by atoms with Gasteiger partial charge in [-0.3, -0.25) is 9.59 Å². The highest BCUT2D eigenvalue weighted by molar-refractivity contribution is 8.15. The van der Waals surface area contributed by atoms with Crippen LogP contribution in [-0.4, -0.2) is 36.5 Å². The minimum Gasteiger partial charge on any atom is -0.497 e. The molecule has 0 spiro atoms. The molecule has 1 fully saturated rings. The second-order valence-electron chi connectivity index (χ2n) is 6.60. The molecule has 0 radical (unpaired) electrons. The van der Waals surface area contributed by atoms with E-state index in [2.05, 4.69) is 15.6 Å². The van der Waals surface area contributed by atoms with Crippen LogP contribution < -0.4 is 20.1 Å². The molecule has 0 saturated carbocycles. The number of benzene rings is 2. The number of amides is 2. The number of aliphatic imine (C=N–C) groups is 1. The number of ether oxygens (including phenoxy) is 2. The number of methoxy groups -OCH3 is 2. The van der Waals surface area contributed by atoms with Crippen molar-refractivity contribution in [1.29, 1.82) is 0 Å². The predicted octanol–water partition coefficient (Wildman–Crippen LogP) is 3.57. The van der Waals surface area contributed by atoms with Crippen molar-refractivity contribution in [3.05, 3.63) is 47.5 Å². The van der Waals surface area contributed by atoms with Gasteiger partial charge in [-0.25, -0.2) is 4.99 Å². The molecule has 1 saturated heterocycles. The van der Waals surface area contributed by atoms with Gasteiger partial charge in [-0.2, -0.15) is 0 Å². The third kappa shape index (κ3) is 5.08. The molecule has 29 heavy (non-hydrogen) atoms. The van der Waals surface area contributed by atoms with Crippen LogP contribution in [0.4, 0.5) is 11.4 Å². The highest BCUT2D eigenvalue weighted by atomic mass is 32.2. The van der Waals surface area contributed by atoms with E-state index in [0.29, 0.717) is 22.4 Å². The Morgan fingerprint density at radius 2 is 1.93 bits per heavy atom. The van der Waals surface area contributed by atoms with Gasteiger partial charge in [0, 0.05) is 12.5 Å². The highest BCUT2D eigenvalue weighted by Crippen LogP contribution is 2.30. The van der Waals surface area contributed by atoms with E-state index in [1.165, 1.54) is 24.4 Å². The fourth-order valence-electron chi connectivity index (χ4n) is 2.79. The average molecular weight is 413 g/mol. The lowest BCUT2D eigenvalue weighted by molar-refractivity contribution is -0.122. The SMILES string of the molecule is COc1ccc(OC)c(NC(=O)C[C@@H]2SC(=Nc3ccc(C)c(C)c3)NC2=O)c1. The van der Waals surface area contributed by atoms with Gasteiger partial charge >= 0.3 is 0 Å². The van der Waals surface area contributed by atoms with Gasteiger partial charge in [0.25, 0.3) is 0 Å². The van der Waals surface area contributed by atoms with Gasteiger partial charge in [0.1, 0.15) is 16.7 Å². The summed E-state index contributed by atoms with van der Waals surface area (Å²) < 4.78 is 10.4. The summed E-state index contributed by atoms with van der Waals surface area (Å²) in [5.41, 5.74) is 3.57. The normalized spacial score (nSPS) is 17.2. The van der Waals surface area contributed by atoms with Crippen molar-refractivity contribution >= 4 is 40.1 Å². The first kappa shape index (κ1) is 20.7. The van der Waals surface area contributed by atoms with Crippen LogP contribution in [0.2, 0.25) is 0 Å². The maximum Gasteiger partial charge on any atom is 0.240 e. The first-order valence-corrected chi connectivity index (χ1v) is 9.93. The summed E-state index contributed by atoms with van der Waals surface area (Å²) in [5, 5.41) is 5.48. The zero-order valence-electron chi connectivity index (χ0n) is 16.7. The van der Waals surface area contributed by atoms with Crippen LogP contribution in [0.1, 0.15) is 17.5 Å². The largest absolute Gasteiger partial charge is 0.497 e. The molecular weight excluding hydrogens is 390 g/mol. The van der Waals surface area contributed by atoms with Crippen LogP contribution in [0.15, 0.2) is 41.4 Å². The second kappa shape index (κ2) is 9.00. The molecule has 152 valence electrons. The van der Waals surface area contributed by atoms with Crippen LogP contribution in [0.25, 0.3) is 0 Å². The van der Waals surface area contributed by atoms with E-state index >= 15 is 0 Å². The Hall–Kier alpha value is -3.00. The topological polar surface area (TPSA) is 89.0 Å². The maximum absolute atomic E-state index is 12.5. The Balaban J connectivity index is 1.66. The molecule has 2 aromatic carbocycles. The summed E-state index contributed by atoms with van der Waals surface area (Å²) in [4.78, 5) is 29.2. The molecule has 1 aliphatic heterocycles. The van der Waals surface area contributed by atoms with Crippen molar-refractivity contribution in [1.82, 2.24) is 5.32 Å². The Kier molecular flexibility index (Phi) is 6.43. The lowest BCUT2D eigenvalue weighted by Crippen LogP contribution is -2.28. The lowest BCUT2D eigenvalue weighted by atomic mass is 10.1. The maximum atomic E-state index is 12.5. The van der Waals surface area contributed by atoms with E-state index in [1.807, 2.05) is 32.0 Å². The molecule has 2 N–H and O–H groups in total. The van der Waals surface area contributed by atoms with Crippen molar-refractivity contribution in [3.63, 3.8) is 0 Å². The molecule has 1 heterocycles. The van der Waals surface area contributed by atoms with Crippen molar-refractivity contribution in [2.45, 2.75) is 25.5 Å². The Bertz CT molecular complexity index is 974. The lowest BCUT2D eigenvalue weighted by Gasteiger charge is -2.12. The van der Waals surface area contributed by atoms with Crippen molar-refractivity contribution < 1.29 is 19.1 Å². The standard InChI is InChI=1S/C21H23N3O4S/c1-12-5-6-14(9-13(12)2)22-21-24-20(26)18(29-21)11-19(25)23-16-10-15(27-3)7-8-17(16)28-4/h5-10,18H,11H2,1-4H3,(H,23,25)(H,22,24,26)/t18-/m0/s1. The number of hydrogen-bond acceptors (Lipinski definition) is 6. The third-order valence-corrected chi connectivity index (χ3v) is 5.63. The summed E-state index contributed by atoms with van der Waals surface area (Å²) >= 11 is 1.25. The number of nitrogens with one attached hydrogen (secondary N) is 2. The van der Waals surface area contributed by atoms with Crippen LogP contribution >= 0.6 is 11.8 Å². The first-order chi connectivity index (χ1) is 13.9. The van der Waals surface area contributed by atoms with Crippen LogP contribution in [0.3, 0.4) is 0 Å². The summed E-state index contributed by atoms with van der Waals surface area (Å²) in [6, 6.07) is 11.0. The van der Waals surface area contributed by atoms with Crippen molar-refractivity contribution in [2.75, 3.05) is 19.5 Å². The molecule has 1 aliphatic rings. The quantitative estimate of drug-likeness (QED) is 0.756. The average Bonchev–Trinajstić information content (AvgIpc) is 3.03. The molecular formula is C21H23N3O4S. The fourth-order valence-corrected chi connectivity index (χ4v) is 3.77. The molecule has 2 amide bonds. The number of nitrogens with zero attached hydrogens (tertiary/aromatic N) is 1. The summed E-state index contributed by atoms with van der Waals surface area (Å²) in [7, 11) is 3.07. The predicted molar refractivity (Wildman–Crippen MR) is 115 cm³/mol. The summed E-state index contributed by atoms with van der Waals surface area (Å²) in [6.45, 7) is 4.05. The Morgan fingerprint density at radius 1 is 1.14 bits per heavy atom. The number of carbonyl (C=O) groups is 2. The number of hydrogen-bond donors (Lipinski definition) is 2. The van der Waals surface area contributed by atoms with Gasteiger partial charge in [-0.15, -0.1) is 0 Å². The smallest absolute Gasteiger partial charge is 0.240 e. The number of thioether (sulfide) groups is 1. The Labute approximate surface area is 173 Å². The molecule has 8 heteroatoms. The minimum absolute atomic E-state index is 0.0167.